The Morgan fingerprint density at radius 2 is 1.47 bits per heavy atom. The predicted octanol–water partition coefficient (Wildman–Crippen LogP) is 4.14. The molecule has 0 fully saturated rings. The van der Waals surface area contributed by atoms with Crippen molar-refractivity contribution in [2.75, 3.05) is 13.1 Å². The van der Waals surface area contributed by atoms with Crippen LogP contribution in [0.4, 0.5) is 0 Å². The van der Waals surface area contributed by atoms with E-state index in [0.29, 0.717) is 0 Å². The molecule has 0 aliphatic heterocycles. The Kier molecular flexibility index (Phi) is 5.17. The molecule has 0 aliphatic carbocycles. The van der Waals surface area contributed by atoms with Crippen LogP contribution in [0.2, 0.25) is 0 Å². The van der Waals surface area contributed by atoms with Gasteiger partial charge in [0.05, 0.1) is 0 Å². The molecule has 2 rings (SSSR count). The second kappa shape index (κ2) is 7.10. The molecular formula is C18H23N. The molecule has 0 saturated heterocycles. The molecular weight excluding hydrogens is 230 g/mol. The van der Waals surface area contributed by atoms with Crippen molar-refractivity contribution in [3.63, 3.8) is 0 Å². The van der Waals surface area contributed by atoms with E-state index in [1.54, 1.807) is 0 Å². The van der Waals surface area contributed by atoms with Crippen LogP contribution >= 0.6 is 0 Å². The highest BCUT2D eigenvalue weighted by atomic mass is 14.8. The van der Waals surface area contributed by atoms with Crippen molar-refractivity contribution >= 4 is 0 Å². The number of rotatable bonds is 6. The summed E-state index contributed by atoms with van der Waals surface area (Å²) in [5, 5.41) is 3.48. The predicted molar refractivity (Wildman–Crippen MR) is 83.3 cm³/mol. The molecule has 1 heteroatoms. The van der Waals surface area contributed by atoms with Crippen molar-refractivity contribution in [1.82, 2.24) is 5.32 Å². The van der Waals surface area contributed by atoms with Crippen LogP contribution < -0.4 is 5.32 Å². The third kappa shape index (κ3) is 4.53. The van der Waals surface area contributed by atoms with Gasteiger partial charge in [-0.2, -0.15) is 0 Å². The molecule has 0 amide bonds. The Morgan fingerprint density at radius 3 is 2.11 bits per heavy atom. The summed E-state index contributed by atoms with van der Waals surface area (Å²) in [6, 6.07) is 19.4. The average molecular weight is 253 g/mol. The highest BCUT2D eigenvalue weighted by Crippen LogP contribution is 2.19. The number of benzene rings is 2. The summed E-state index contributed by atoms with van der Waals surface area (Å²) in [6.45, 7) is 6.63. The first-order chi connectivity index (χ1) is 9.25. The van der Waals surface area contributed by atoms with Gasteiger partial charge in [0.2, 0.25) is 0 Å². The third-order valence-electron chi connectivity index (χ3n) is 3.20. The summed E-state index contributed by atoms with van der Waals surface area (Å²) in [5.74, 6) is 0.723. The van der Waals surface area contributed by atoms with Crippen LogP contribution in [-0.2, 0) is 6.42 Å². The van der Waals surface area contributed by atoms with E-state index in [-0.39, 0.29) is 0 Å². The molecule has 100 valence electrons. The molecule has 0 saturated carbocycles. The highest BCUT2D eigenvalue weighted by Gasteiger charge is 1.98. The molecule has 0 unspecified atom stereocenters. The Balaban J connectivity index is 1.88. The van der Waals surface area contributed by atoms with Gasteiger partial charge < -0.3 is 5.32 Å². The van der Waals surface area contributed by atoms with Gasteiger partial charge >= 0.3 is 0 Å². The quantitative estimate of drug-likeness (QED) is 0.763. The summed E-state index contributed by atoms with van der Waals surface area (Å²) < 4.78 is 0. The molecule has 2 aromatic carbocycles. The lowest BCUT2D eigenvalue weighted by atomic mass is 10.0. The van der Waals surface area contributed by atoms with Crippen LogP contribution in [0.25, 0.3) is 11.1 Å². The fraction of sp³-hybridized carbons (Fsp3) is 0.333. The monoisotopic (exact) mass is 253 g/mol. The van der Waals surface area contributed by atoms with Gasteiger partial charge in [-0.1, -0.05) is 68.4 Å². The van der Waals surface area contributed by atoms with Crippen LogP contribution in [0.1, 0.15) is 19.4 Å². The smallest absolute Gasteiger partial charge is 0.000824 e. The first-order valence-corrected chi connectivity index (χ1v) is 7.11. The van der Waals surface area contributed by atoms with Gasteiger partial charge in [0.1, 0.15) is 0 Å². The highest BCUT2D eigenvalue weighted by molar-refractivity contribution is 5.63. The van der Waals surface area contributed by atoms with E-state index in [4.69, 9.17) is 0 Å². The minimum atomic E-state index is 0.723. The zero-order chi connectivity index (χ0) is 13.5. The van der Waals surface area contributed by atoms with Crippen molar-refractivity contribution < 1.29 is 0 Å². The SMILES string of the molecule is CC(C)CNCCc1ccc(-c2ccccc2)cc1. The standard InChI is InChI=1S/C18H23N/c1-15(2)14-19-13-12-16-8-10-18(11-9-16)17-6-4-3-5-7-17/h3-11,15,19H,12-14H2,1-2H3. The molecule has 0 bridgehead atoms. The lowest BCUT2D eigenvalue weighted by Crippen LogP contribution is -2.22. The zero-order valence-corrected chi connectivity index (χ0v) is 11.9. The Morgan fingerprint density at radius 1 is 0.842 bits per heavy atom. The molecule has 2 aromatic rings. The minimum Gasteiger partial charge on any atom is -0.316 e. The van der Waals surface area contributed by atoms with Crippen LogP contribution in [0, 0.1) is 5.92 Å². The lowest BCUT2D eigenvalue weighted by molar-refractivity contribution is 0.554. The van der Waals surface area contributed by atoms with Crippen molar-refractivity contribution in [2.45, 2.75) is 20.3 Å². The van der Waals surface area contributed by atoms with Gasteiger partial charge in [0, 0.05) is 0 Å². The van der Waals surface area contributed by atoms with Crippen molar-refractivity contribution in [3.8, 4) is 11.1 Å². The van der Waals surface area contributed by atoms with Crippen molar-refractivity contribution in [3.05, 3.63) is 60.2 Å². The molecule has 1 nitrogen and oxygen atoms in total. The molecule has 0 heterocycles. The summed E-state index contributed by atoms with van der Waals surface area (Å²) in [6.07, 6.45) is 1.10. The Labute approximate surface area is 116 Å². The Hall–Kier alpha value is -1.60. The van der Waals surface area contributed by atoms with Gasteiger partial charge in [0.25, 0.3) is 0 Å². The fourth-order valence-electron chi connectivity index (χ4n) is 2.12. The van der Waals surface area contributed by atoms with E-state index in [1.165, 1.54) is 16.7 Å². The van der Waals surface area contributed by atoms with Crippen molar-refractivity contribution in [2.24, 2.45) is 5.92 Å². The molecule has 0 spiro atoms. The maximum Gasteiger partial charge on any atom is -0.000824 e. The van der Waals surface area contributed by atoms with E-state index in [2.05, 4.69) is 73.8 Å². The second-order valence-corrected chi connectivity index (χ2v) is 5.41. The molecule has 1 N–H and O–H groups in total. The topological polar surface area (TPSA) is 12.0 Å². The maximum absolute atomic E-state index is 3.48. The largest absolute Gasteiger partial charge is 0.316 e. The average Bonchev–Trinajstić information content (AvgIpc) is 2.45. The van der Waals surface area contributed by atoms with Crippen LogP contribution in [-0.4, -0.2) is 13.1 Å². The second-order valence-electron chi connectivity index (χ2n) is 5.41. The van der Waals surface area contributed by atoms with E-state index >= 15 is 0 Å². The molecule has 0 aromatic heterocycles. The number of nitrogens with one attached hydrogen (secondary N) is 1. The van der Waals surface area contributed by atoms with Gasteiger partial charge in [-0.05, 0) is 42.1 Å². The van der Waals surface area contributed by atoms with E-state index < -0.39 is 0 Å². The molecule has 0 atom stereocenters. The van der Waals surface area contributed by atoms with Gasteiger partial charge in [0.15, 0.2) is 0 Å². The zero-order valence-electron chi connectivity index (χ0n) is 11.9. The lowest BCUT2D eigenvalue weighted by Gasteiger charge is -2.08. The first-order valence-electron chi connectivity index (χ1n) is 7.11. The van der Waals surface area contributed by atoms with Crippen LogP contribution in [0.3, 0.4) is 0 Å². The van der Waals surface area contributed by atoms with Gasteiger partial charge in [-0.3, -0.25) is 0 Å². The summed E-state index contributed by atoms with van der Waals surface area (Å²) in [5.41, 5.74) is 3.97. The molecule has 0 aliphatic rings. The molecule has 19 heavy (non-hydrogen) atoms. The van der Waals surface area contributed by atoms with Crippen LogP contribution in [0.5, 0.6) is 0 Å². The maximum atomic E-state index is 3.48. The fourth-order valence-corrected chi connectivity index (χ4v) is 2.12. The van der Waals surface area contributed by atoms with Gasteiger partial charge in [-0.15, -0.1) is 0 Å². The Bertz CT molecular complexity index is 471. The number of hydrogen-bond donors (Lipinski definition) is 1. The van der Waals surface area contributed by atoms with Crippen molar-refractivity contribution in [1.29, 1.82) is 0 Å². The van der Waals surface area contributed by atoms with Gasteiger partial charge in [-0.25, -0.2) is 0 Å². The summed E-state index contributed by atoms with van der Waals surface area (Å²) in [4.78, 5) is 0. The normalized spacial score (nSPS) is 10.9. The third-order valence-corrected chi connectivity index (χ3v) is 3.20. The number of hydrogen-bond acceptors (Lipinski definition) is 1. The van der Waals surface area contributed by atoms with E-state index in [0.717, 1.165) is 25.4 Å². The molecule has 0 radical (unpaired) electrons. The van der Waals surface area contributed by atoms with E-state index in [9.17, 15) is 0 Å². The summed E-state index contributed by atoms with van der Waals surface area (Å²) >= 11 is 0. The minimum absolute atomic E-state index is 0.723. The summed E-state index contributed by atoms with van der Waals surface area (Å²) in [7, 11) is 0. The van der Waals surface area contributed by atoms with E-state index in [1.807, 2.05) is 0 Å². The first kappa shape index (κ1) is 13.8. The van der Waals surface area contributed by atoms with Crippen LogP contribution in [0.15, 0.2) is 54.6 Å².